The molecule has 0 spiro atoms. The number of ether oxygens (including phenoxy) is 2. The van der Waals surface area contributed by atoms with Gasteiger partial charge >= 0.3 is 7.69 Å². The standard InChI is InChI=1S/C26H21BI2O4/c28-23-13-11-21(30-17-19-7-3-1-4-8-19)15-25(23)32-27-33-26-16-22(12-14-24(26)29)31-18-20-9-5-2-6-10-20/h1-16,27H,17-18H2. The molecule has 0 saturated heterocycles. The van der Waals surface area contributed by atoms with Gasteiger partial charge in [-0.05, 0) is 80.6 Å². The zero-order chi connectivity index (χ0) is 22.9. The summed E-state index contributed by atoms with van der Waals surface area (Å²) in [6.45, 7) is 1.01. The molecule has 0 aliphatic carbocycles. The van der Waals surface area contributed by atoms with Crippen molar-refractivity contribution < 1.29 is 18.8 Å². The third-order valence-corrected chi connectivity index (χ3v) is 6.51. The van der Waals surface area contributed by atoms with Crippen LogP contribution >= 0.6 is 45.2 Å². The van der Waals surface area contributed by atoms with E-state index in [4.69, 9.17) is 18.8 Å². The highest BCUT2D eigenvalue weighted by atomic mass is 127. The fourth-order valence-corrected chi connectivity index (χ4v) is 3.99. The Balaban J connectivity index is 1.33. The molecule has 0 atom stereocenters. The summed E-state index contributed by atoms with van der Waals surface area (Å²) in [5, 5.41) is 0. The predicted molar refractivity (Wildman–Crippen MR) is 148 cm³/mol. The molecule has 0 aromatic heterocycles. The average molecular weight is 662 g/mol. The number of halogens is 2. The highest BCUT2D eigenvalue weighted by molar-refractivity contribution is 14.1. The van der Waals surface area contributed by atoms with E-state index >= 15 is 0 Å². The Bertz CT molecular complexity index is 1080. The second-order valence-corrected chi connectivity index (χ2v) is 9.46. The first kappa shape index (κ1) is 23.8. The minimum Gasteiger partial charge on any atom is -0.528 e. The van der Waals surface area contributed by atoms with Gasteiger partial charge in [-0.15, -0.1) is 0 Å². The smallest absolute Gasteiger partial charge is 0.528 e. The summed E-state index contributed by atoms with van der Waals surface area (Å²) < 4.78 is 25.6. The third-order valence-electron chi connectivity index (χ3n) is 4.73. The molecule has 166 valence electrons. The first-order valence-corrected chi connectivity index (χ1v) is 12.5. The van der Waals surface area contributed by atoms with Gasteiger partial charge in [0.2, 0.25) is 0 Å². The second kappa shape index (κ2) is 12.2. The van der Waals surface area contributed by atoms with Crippen molar-refractivity contribution >= 4 is 52.9 Å². The van der Waals surface area contributed by atoms with Crippen molar-refractivity contribution in [2.45, 2.75) is 13.2 Å². The van der Waals surface area contributed by atoms with Crippen LogP contribution in [0.1, 0.15) is 11.1 Å². The van der Waals surface area contributed by atoms with Gasteiger partial charge < -0.3 is 18.8 Å². The van der Waals surface area contributed by atoms with Gasteiger partial charge in [0.05, 0.1) is 7.14 Å². The molecule has 0 aliphatic rings. The highest BCUT2D eigenvalue weighted by Gasteiger charge is 2.09. The lowest BCUT2D eigenvalue weighted by molar-refractivity contribution is 0.304. The minimum atomic E-state index is 0.0796. The van der Waals surface area contributed by atoms with Crippen molar-refractivity contribution in [1.29, 1.82) is 0 Å². The van der Waals surface area contributed by atoms with E-state index in [-0.39, 0.29) is 7.69 Å². The average Bonchev–Trinajstić information content (AvgIpc) is 2.86. The summed E-state index contributed by atoms with van der Waals surface area (Å²) in [6.07, 6.45) is 0. The lowest BCUT2D eigenvalue weighted by Crippen LogP contribution is -2.12. The fraction of sp³-hybridized carbons (Fsp3) is 0.0769. The van der Waals surface area contributed by atoms with E-state index in [1.54, 1.807) is 0 Å². The van der Waals surface area contributed by atoms with Gasteiger partial charge in [-0.3, -0.25) is 0 Å². The molecule has 0 saturated carbocycles. The van der Waals surface area contributed by atoms with Gasteiger partial charge in [0.15, 0.2) is 0 Å². The van der Waals surface area contributed by atoms with Crippen LogP contribution in [-0.2, 0) is 13.2 Å². The lowest BCUT2D eigenvalue weighted by Gasteiger charge is -2.13. The molecule has 0 fully saturated rings. The number of hydrogen-bond acceptors (Lipinski definition) is 4. The quantitative estimate of drug-likeness (QED) is 0.139. The molecule has 4 aromatic rings. The maximum Gasteiger partial charge on any atom is 0.576 e. The van der Waals surface area contributed by atoms with Gasteiger partial charge in [0, 0.05) is 12.1 Å². The van der Waals surface area contributed by atoms with Gasteiger partial charge in [0.1, 0.15) is 36.2 Å². The summed E-state index contributed by atoms with van der Waals surface area (Å²) in [7, 11) is 0.0796. The van der Waals surface area contributed by atoms with E-state index in [1.165, 1.54) is 0 Å². The maximum atomic E-state index is 5.91. The highest BCUT2D eigenvalue weighted by Crippen LogP contribution is 2.29. The monoisotopic (exact) mass is 662 g/mol. The van der Waals surface area contributed by atoms with Crippen LogP contribution in [0.5, 0.6) is 23.0 Å². The van der Waals surface area contributed by atoms with Gasteiger partial charge in [-0.2, -0.15) is 0 Å². The molecular formula is C26H21BI2O4. The summed E-state index contributed by atoms with van der Waals surface area (Å²) in [6, 6.07) is 31.7. The van der Waals surface area contributed by atoms with Crippen LogP contribution in [-0.4, -0.2) is 7.69 Å². The van der Waals surface area contributed by atoms with E-state index < -0.39 is 0 Å². The van der Waals surface area contributed by atoms with Crippen molar-refractivity contribution in [2.24, 2.45) is 0 Å². The second-order valence-electron chi connectivity index (χ2n) is 7.14. The largest absolute Gasteiger partial charge is 0.576 e. The Morgan fingerprint density at radius 2 is 0.970 bits per heavy atom. The summed E-state index contributed by atoms with van der Waals surface area (Å²) in [4.78, 5) is 0. The number of hydrogen-bond donors (Lipinski definition) is 0. The first-order valence-electron chi connectivity index (χ1n) is 10.4. The van der Waals surface area contributed by atoms with Crippen molar-refractivity contribution in [2.75, 3.05) is 0 Å². The maximum absolute atomic E-state index is 5.91. The lowest BCUT2D eigenvalue weighted by atomic mass is 10.2. The van der Waals surface area contributed by atoms with Crippen molar-refractivity contribution in [1.82, 2.24) is 0 Å². The molecule has 7 heteroatoms. The summed E-state index contributed by atoms with van der Waals surface area (Å²) in [5.74, 6) is 2.93. The topological polar surface area (TPSA) is 36.9 Å². The fourth-order valence-electron chi connectivity index (χ4n) is 3.01. The van der Waals surface area contributed by atoms with Crippen LogP contribution in [0.4, 0.5) is 0 Å². The van der Waals surface area contributed by atoms with Crippen LogP contribution < -0.4 is 18.8 Å². The van der Waals surface area contributed by atoms with Crippen LogP contribution in [0.15, 0.2) is 97.1 Å². The normalized spacial score (nSPS) is 10.4. The Hall–Kier alpha value is -2.40. The SMILES string of the molecule is Ic1ccc(OCc2ccccc2)cc1OBOc1cc(OCc2ccccc2)ccc1I. The molecule has 0 unspecified atom stereocenters. The molecule has 4 rings (SSSR count). The van der Waals surface area contributed by atoms with E-state index in [9.17, 15) is 0 Å². The first-order chi connectivity index (χ1) is 16.2. The van der Waals surface area contributed by atoms with Crippen molar-refractivity contribution in [3.63, 3.8) is 0 Å². The van der Waals surface area contributed by atoms with Gasteiger partial charge in [0.25, 0.3) is 0 Å². The molecule has 0 radical (unpaired) electrons. The Kier molecular flexibility index (Phi) is 8.76. The van der Waals surface area contributed by atoms with Crippen molar-refractivity contribution in [3.8, 4) is 23.0 Å². The van der Waals surface area contributed by atoms with Crippen LogP contribution in [0.3, 0.4) is 0 Å². The molecule has 0 N–H and O–H groups in total. The molecular weight excluding hydrogens is 641 g/mol. The molecule has 0 heterocycles. The van der Waals surface area contributed by atoms with E-state index in [0.717, 1.165) is 29.8 Å². The van der Waals surface area contributed by atoms with Crippen LogP contribution in [0.25, 0.3) is 0 Å². The Morgan fingerprint density at radius 1 is 0.545 bits per heavy atom. The van der Waals surface area contributed by atoms with E-state index in [2.05, 4.69) is 45.2 Å². The number of benzene rings is 4. The molecule has 0 aliphatic heterocycles. The number of rotatable bonds is 10. The van der Waals surface area contributed by atoms with E-state index in [1.807, 2.05) is 97.1 Å². The Morgan fingerprint density at radius 3 is 1.39 bits per heavy atom. The van der Waals surface area contributed by atoms with Gasteiger partial charge in [-0.1, -0.05) is 60.7 Å². The zero-order valence-corrected chi connectivity index (χ0v) is 22.1. The van der Waals surface area contributed by atoms with Crippen LogP contribution in [0.2, 0.25) is 0 Å². The van der Waals surface area contributed by atoms with Crippen LogP contribution in [0, 0.1) is 7.14 Å². The minimum absolute atomic E-state index is 0.0796. The predicted octanol–water partition coefficient (Wildman–Crippen LogP) is 6.78. The molecule has 0 amide bonds. The van der Waals surface area contributed by atoms with E-state index in [0.29, 0.717) is 24.7 Å². The third kappa shape index (κ3) is 7.30. The van der Waals surface area contributed by atoms with Crippen molar-refractivity contribution in [3.05, 3.63) is 115 Å². The molecule has 33 heavy (non-hydrogen) atoms. The Labute approximate surface area is 221 Å². The molecule has 0 bridgehead atoms. The molecule has 4 aromatic carbocycles. The zero-order valence-electron chi connectivity index (χ0n) is 17.7. The summed E-state index contributed by atoms with van der Waals surface area (Å²) in [5.41, 5.74) is 2.23. The summed E-state index contributed by atoms with van der Waals surface area (Å²) >= 11 is 4.48. The molecule has 4 nitrogen and oxygen atoms in total. The van der Waals surface area contributed by atoms with Gasteiger partial charge in [-0.25, -0.2) is 0 Å².